The number of rotatable bonds is 7. The molecule has 0 unspecified atom stereocenters. The van der Waals surface area contributed by atoms with Crippen LogP contribution in [-0.4, -0.2) is 29.0 Å². The van der Waals surface area contributed by atoms with Gasteiger partial charge < -0.3 is 9.73 Å². The highest BCUT2D eigenvalue weighted by Crippen LogP contribution is 2.28. The van der Waals surface area contributed by atoms with Crippen LogP contribution in [0.4, 0.5) is 10.1 Å². The molecule has 32 heavy (non-hydrogen) atoms. The predicted molar refractivity (Wildman–Crippen MR) is 115 cm³/mol. The van der Waals surface area contributed by atoms with E-state index in [1.165, 1.54) is 43.5 Å². The first-order valence-corrected chi connectivity index (χ1v) is 9.50. The van der Waals surface area contributed by atoms with Crippen LogP contribution >= 0.6 is 0 Å². The van der Waals surface area contributed by atoms with E-state index in [2.05, 4.69) is 15.8 Å². The van der Waals surface area contributed by atoms with Crippen molar-refractivity contribution >= 4 is 23.7 Å². The predicted octanol–water partition coefficient (Wildman–Crippen LogP) is 3.57. The molecule has 0 aliphatic heterocycles. The zero-order valence-electron chi connectivity index (χ0n) is 17.2. The molecule has 9 nitrogen and oxygen atoms in total. The first kappa shape index (κ1) is 22.3. The van der Waals surface area contributed by atoms with Crippen LogP contribution in [0.3, 0.4) is 0 Å². The van der Waals surface area contributed by atoms with Crippen molar-refractivity contribution in [1.82, 2.24) is 10.7 Å². The summed E-state index contributed by atoms with van der Waals surface area (Å²) >= 11 is 0. The SMILES string of the molecule is Cc1cc([N+](=O)[O-])ccc1-c1ccc(/C=N\NC(=O)[C@H](C)NC(=O)c2ccccc2F)o1. The number of aryl methyl sites for hydroxylation is 1. The van der Waals surface area contributed by atoms with Crippen molar-refractivity contribution in [3.63, 3.8) is 0 Å². The van der Waals surface area contributed by atoms with Gasteiger partial charge in [0.05, 0.1) is 16.7 Å². The van der Waals surface area contributed by atoms with E-state index in [0.29, 0.717) is 22.6 Å². The molecule has 1 aromatic heterocycles. The van der Waals surface area contributed by atoms with Crippen LogP contribution in [-0.2, 0) is 4.79 Å². The number of non-ortho nitro benzene ring substituents is 1. The normalized spacial score (nSPS) is 11.8. The molecule has 0 saturated carbocycles. The molecule has 0 aliphatic carbocycles. The van der Waals surface area contributed by atoms with Crippen molar-refractivity contribution in [3.05, 3.63) is 87.4 Å². The van der Waals surface area contributed by atoms with Gasteiger partial charge in [0.25, 0.3) is 17.5 Å². The van der Waals surface area contributed by atoms with E-state index >= 15 is 0 Å². The van der Waals surface area contributed by atoms with E-state index in [1.807, 2.05) is 0 Å². The van der Waals surface area contributed by atoms with Gasteiger partial charge in [0.2, 0.25) is 0 Å². The highest BCUT2D eigenvalue weighted by atomic mass is 19.1. The summed E-state index contributed by atoms with van der Waals surface area (Å²) in [6, 6.07) is 12.2. The van der Waals surface area contributed by atoms with E-state index in [1.54, 1.807) is 25.1 Å². The van der Waals surface area contributed by atoms with Gasteiger partial charge in [0.15, 0.2) is 0 Å². The molecule has 0 spiro atoms. The quantitative estimate of drug-likeness (QED) is 0.331. The summed E-state index contributed by atoms with van der Waals surface area (Å²) in [5.41, 5.74) is 3.44. The monoisotopic (exact) mass is 438 g/mol. The Bertz CT molecular complexity index is 1200. The van der Waals surface area contributed by atoms with Gasteiger partial charge in [-0.05, 0) is 49.7 Å². The van der Waals surface area contributed by atoms with Gasteiger partial charge in [-0.3, -0.25) is 19.7 Å². The maximum atomic E-state index is 13.7. The number of hydrogen-bond donors (Lipinski definition) is 2. The smallest absolute Gasteiger partial charge is 0.269 e. The van der Waals surface area contributed by atoms with Crippen molar-refractivity contribution < 1.29 is 23.3 Å². The molecule has 1 heterocycles. The molecule has 0 radical (unpaired) electrons. The lowest BCUT2D eigenvalue weighted by atomic mass is 10.1. The largest absolute Gasteiger partial charge is 0.455 e. The van der Waals surface area contributed by atoms with E-state index < -0.39 is 28.6 Å². The summed E-state index contributed by atoms with van der Waals surface area (Å²) in [5.74, 6) is -1.20. The highest BCUT2D eigenvalue weighted by molar-refractivity contribution is 5.97. The summed E-state index contributed by atoms with van der Waals surface area (Å²) in [5, 5.41) is 17.1. The number of nitro groups is 1. The number of hydrazone groups is 1. The molecule has 1 atom stereocenters. The molecular formula is C22H19FN4O5. The van der Waals surface area contributed by atoms with Gasteiger partial charge >= 0.3 is 0 Å². The topological polar surface area (TPSA) is 127 Å². The second-order valence-electron chi connectivity index (χ2n) is 6.87. The number of furan rings is 1. The first-order valence-electron chi connectivity index (χ1n) is 9.50. The van der Waals surface area contributed by atoms with Gasteiger partial charge in [0.1, 0.15) is 23.4 Å². The van der Waals surface area contributed by atoms with Crippen LogP contribution in [0.2, 0.25) is 0 Å². The molecule has 0 saturated heterocycles. The lowest BCUT2D eigenvalue weighted by Crippen LogP contribution is -2.43. The van der Waals surface area contributed by atoms with Crippen molar-refractivity contribution in [2.75, 3.05) is 0 Å². The second kappa shape index (κ2) is 9.65. The maximum absolute atomic E-state index is 13.7. The van der Waals surface area contributed by atoms with Crippen LogP contribution < -0.4 is 10.7 Å². The number of benzene rings is 2. The number of halogens is 1. The fourth-order valence-corrected chi connectivity index (χ4v) is 2.85. The number of nitro benzene ring substituents is 1. The number of amides is 2. The summed E-state index contributed by atoms with van der Waals surface area (Å²) in [6.45, 7) is 3.17. The maximum Gasteiger partial charge on any atom is 0.269 e. The number of nitrogens with zero attached hydrogens (tertiary/aromatic N) is 2. The van der Waals surface area contributed by atoms with Gasteiger partial charge in [-0.1, -0.05) is 12.1 Å². The van der Waals surface area contributed by atoms with Gasteiger partial charge in [-0.2, -0.15) is 5.10 Å². The molecule has 0 aliphatic rings. The first-order chi connectivity index (χ1) is 15.3. The standard InChI is InChI=1S/C22H19FN4O5/c1-13-11-15(27(30)31)7-9-17(13)20-10-8-16(32-20)12-24-26-21(28)14(2)25-22(29)18-5-3-4-6-19(18)23/h3-12,14H,1-2H3,(H,25,29)(H,26,28)/b24-12-/t14-/m0/s1. The van der Waals surface area contributed by atoms with Crippen molar-refractivity contribution in [2.45, 2.75) is 19.9 Å². The number of carbonyl (C=O) groups excluding carboxylic acids is 2. The molecule has 3 aromatic rings. The van der Waals surface area contributed by atoms with Crippen molar-refractivity contribution in [2.24, 2.45) is 5.10 Å². The van der Waals surface area contributed by atoms with E-state index in [4.69, 9.17) is 4.42 Å². The van der Waals surface area contributed by atoms with Crippen LogP contribution in [0.1, 0.15) is 28.6 Å². The summed E-state index contributed by atoms with van der Waals surface area (Å²) < 4.78 is 19.3. The fraction of sp³-hybridized carbons (Fsp3) is 0.136. The van der Waals surface area contributed by atoms with Gasteiger partial charge in [-0.15, -0.1) is 0 Å². The average molecular weight is 438 g/mol. The third-order valence-electron chi connectivity index (χ3n) is 4.54. The zero-order chi connectivity index (χ0) is 23.3. The Morgan fingerprint density at radius 3 is 2.62 bits per heavy atom. The second-order valence-corrected chi connectivity index (χ2v) is 6.87. The van der Waals surface area contributed by atoms with Crippen LogP contribution in [0, 0.1) is 22.9 Å². The molecule has 2 amide bonds. The Balaban J connectivity index is 1.59. The third kappa shape index (κ3) is 5.22. The number of nitrogens with one attached hydrogen (secondary N) is 2. The summed E-state index contributed by atoms with van der Waals surface area (Å²) in [4.78, 5) is 34.6. The Labute approximate surface area is 182 Å². The van der Waals surface area contributed by atoms with E-state index in [0.717, 1.165) is 6.07 Å². The molecule has 0 fully saturated rings. The molecule has 2 aromatic carbocycles. The van der Waals surface area contributed by atoms with Crippen LogP contribution in [0.5, 0.6) is 0 Å². The van der Waals surface area contributed by atoms with Crippen LogP contribution in [0.25, 0.3) is 11.3 Å². The van der Waals surface area contributed by atoms with Gasteiger partial charge in [0, 0.05) is 17.7 Å². The minimum absolute atomic E-state index is 0.0153. The Hall–Kier alpha value is -4.34. The molecule has 0 bridgehead atoms. The van der Waals surface area contributed by atoms with E-state index in [-0.39, 0.29) is 11.3 Å². The number of carbonyl (C=O) groups is 2. The summed E-state index contributed by atoms with van der Waals surface area (Å²) in [6.07, 6.45) is 1.27. The third-order valence-corrected chi connectivity index (χ3v) is 4.54. The molecule has 3 rings (SSSR count). The molecule has 10 heteroatoms. The minimum atomic E-state index is -0.964. The van der Waals surface area contributed by atoms with Gasteiger partial charge in [-0.25, -0.2) is 9.82 Å². The van der Waals surface area contributed by atoms with E-state index in [9.17, 15) is 24.1 Å². The lowest BCUT2D eigenvalue weighted by molar-refractivity contribution is -0.384. The molecule has 164 valence electrons. The lowest BCUT2D eigenvalue weighted by Gasteiger charge is -2.12. The molecular weight excluding hydrogens is 419 g/mol. The fourth-order valence-electron chi connectivity index (χ4n) is 2.85. The average Bonchev–Trinajstić information content (AvgIpc) is 3.22. The Morgan fingerprint density at radius 2 is 1.94 bits per heavy atom. The number of hydrogen-bond acceptors (Lipinski definition) is 6. The Kier molecular flexibility index (Phi) is 6.74. The van der Waals surface area contributed by atoms with Crippen LogP contribution in [0.15, 0.2) is 64.1 Å². The summed E-state index contributed by atoms with van der Waals surface area (Å²) in [7, 11) is 0. The van der Waals surface area contributed by atoms with Crippen molar-refractivity contribution in [1.29, 1.82) is 0 Å². The minimum Gasteiger partial charge on any atom is -0.455 e. The zero-order valence-corrected chi connectivity index (χ0v) is 17.2. The van der Waals surface area contributed by atoms with Crippen molar-refractivity contribution in [3.8, 4) is 11.3 Å². The Morgan fingerprint density at radius 1 is 1.19 bits per heavy atom. The highest BCUT2D eigenvalue weighted by Gasteiger charge is 2.18. The molecule has 2 N–H and O–H groups in total.